The average molecular weight is 470 g/mol. The lowest BCUT2D eigenvalue weighted by Crippen LogP contribution is -2.45. The van der Waals surface area contributed by atoms with Crippen LogP contribution in [0.25, 0.3) is 0 Å². The van der Waals surface area contributed by atoms with Crippen molar-refractivity contribution in [3.63, 3.8) is 0 Å². The Balaban J connectivity index is 1.73. The largest absolute Gasteiger partial charge is 0.404 e. The molecule has 1 heterocycles. The van der Waals surface area contributed by atoms with E-state index in [1.54, 1.807) is 12.3 Å². The van der Waals surface area contributed by atoms with Crippen molar-refractivity contribution in [2.24, 2.45) is 22.6 Å². The second-order valence-corrected chi connectivity index (χ2v) is 10.0. The number of nitrogens with two attached hydrogens (primary N) is 1. The number of hydrogen-bond donors (Lipinski definition) is 1. The van der Waals surface area contributed by atoms with Crippen molar-refractivity contribution in [1.29, 1.82) is 0 Å². The molecule has 2 rings (SSSR count). The quantitative estimate of drug-likeness (QED) is 0.190. The Morgan fingerprint density at radius 2 is 1.94 bits per heavy atom. The van der Waals surface area contributed by atoms with Crippen LogP contribution in [0.5, 0.6) is 0 Å². The summed E-state index contributed by atoms with van der Waals surface area (Å²) in [5.74, 6) is 1.42. The van der Waals surface area contributed by atoms with E-state index >= 15 is 0 Å². The average Bonchev–Trinajstić information content (AvgIpc) is 2.80. The second-order valence-electron chi connectivity index (χ2n) is 10.0. The van der Waals surface area contributed by atoms with Crippen molar-refractivity contribution < 1.29 is 4.39 Å². The minimum atomic E-state index is -0.0807. The molecule has 1 fully saturated rings. The first kappa shape index (κ1) is 28.1. The number of nitrogens with zero attached hydrogens (tertiary/aromatic N) is 2. The van der Waals surface area contributed by atoms with Gasteiger partial charge in [-0.1, -0.05) is 71.6 Å². The van der Waals surface area contributed by atoms with E-state index in [1.807, 2.05) is 12.3 Å². The van der Waals surface area contributed by atoms with Gasteiger partial charge in [-0.3, -0.25) is 4.99 Å². The van der Waals surface area contributed by atoms with Crippen LogP contribution < -0.4 is 5.73 Å². The molecule has 190 valence electrons. The summed E-state index contributed by atoms with van der Waals surface area (Å²) in [5.41, 5.74) is 9.62. The number of aliphatic imine (C=N–C) groups is 1. The van der Waals surface area contributed by atoms with Gasteiger partial charge in [0.25, 0.3) is 0 Å². The number of likely N-dealkylation sites (tertiary alicyclic amines) is 1. The molecular formula is C30H48FN3. The molecule has 4 heteroatoms. The first-order chi connectivity index (χ1) is 16.5. The van der Waals surface area contributed by atoms with E-state index in [0.717, 1.165) is 79.6 Å². The van der Waals surface area contributed by atoms with Gasteiger partial charge in [-0.25, -0.2) is 4.39 Å². The molecule has 34 heavy (non-hydrogen) atoms. The van der Waals surface area contributed by atoms with Crippen LogP contribution in [0.4, 0.5) is 4.39 Å². The van der Waals surface area contributed by atoms with Crippen molar-refractivity contribution in [3.8, 4) is 0 Å². The number of unbranched alkanes of at least 4 members (excludes halogenated alkanes) is 2. The normalized spacial score (nSPS) is 15.6. The topological polar surface area (TPSA) is 41.6 Å². The summed E-state index contributed by atoms with van der Waals surface area (Å²) in [7, 11) is 0. The molecule has 1 aromatic rings. The maximum atomic E-state index is 14.7. The summed E-state index contributed by atoms with van der Waals surface area (Å²) in [5, 5.41) is 0. The maximum absolute atomic E-state index is 14.7. The SMILES string of the molecule is C=C(Cc1ccc(CCCCC(CCCC)CC/N=C\C(=C/N)CC)cc1F)N1CC(CC)C1. The molecule has 0 aliphatic carbocycles. The molecule has 0 amide bonds. The van der Waals surface area contributed by atoms with Crippen LogP contribution in [0.3, 0.4) is 0 Å². The third-order valence-electron chi connectivity index (χ3n) is 7.33. The van der Waals surface area contributed by atoms with Gasteiger partial charge in [0, 0.05) is 38.0 Å². The molecule has 0 saturated carbocycles. The van der Waals surface area contributed by atoms with Crippen molar-refractivity contribution in [1.82, 2.24) is 4.90 Å². The highest BCUT2D eigenvalue weighted by atomic mass is 19.1. The Morgan fingerprint density at radius 3 is 2.59 bits per heavy atom. The van der Waals surface area contributed by atoms with E-state index in [4.69, 9.17) is 5.73 Å². The Labute approximate surface area is 208 Å². The fourth-order valence-corrected chi connectivity index (χ4v) is 4.69. The molecule has 1 aliphatic heterocycles. The summed E-state index contributed by atoms with van der Waals surface area (Å²) in [6.45, 7) is 13.8. The van der Waals surface area contributed by atoms with Gasteiger partial charge in [0.15, 0.2) is 0 Å². The molecule has 1 aliphatic rings. The van der Waals surface area contributed by atoms with Crippen molar-refractivity contribution in [2.75, 3.05) is 19.6 Å². The van der Waals surface area contributed by atoms with E-state index in [0.29, 0.717) is 6.42 Å². The summed E-state index contributed by atoms with van der Waals surface area (Å²) < 4.78 is 14.7. The Bertz CT molecular complexity index is 792. The highest BCUT2D eigenvalue weighted by molar-refractivity contribution is 5.78. The molecule has 1 atom stereocenters. The number of benzene rings is 1. The van der Waals surface area contributed by atoms with Crippen molar-refractivity contribution >= 4 is 6.21 Å². The van der Waals surface area contributed by atoms with E-state index in [1.165, 1.54) is 38.5 Å². The smallest absolute Gasteiger partial charge is 0.127 e. The predicted molar refractivity (Wildman–Crippen MR) is 146 cm³/mol. The van der Waals surface area contributed by atoms with Crippen LogP contribution in [0.2, 0.25) is 0 Å². The molecule has 0 spiro atoms. The maximum Gasteiger partial charge on any atom is 0.127 e. The standard InChI is InChI=1S/C30H48FN3/c1-5-8-11-27(16-17-33-21-25(6-2)20-32)12-9-10-13-28-14-15-29(30(31)19-28)18-24(4)34-22-26(7-3)23-34/h14-15,19-21,26-27H,4-13,16-18,22-23,32H2,1-3H3/b25-20-,33-21-. The van der Waals surface area contributed by atoms with Gasteiger partial charge in [0.1, 0.15) is 5.82 Å². The van der Waals surface area contributed by atoms with Gasteiger partial charge in [0.05, 0.1) is 0 Å². The molecular weight excluding hydrogens is 421 g/mol. The lowest BCUT2D eigenvalue weighted by molar-refractivity contribution is 0.137. The summed E-state index contributed by atoms with van der Waals surface area (Å²) in [6, 6.07) is 5.82. The van der Waals surface area contributed by atoms with Gasteiger partial charge in [-0.2, -0.15) is 0 Å². The zero-order valence-corrected chi connectivity index (χ0v) is 22.0. The first-order valence-corrected chi connectivity index (χ1v) is 13.6. The second kappa shape index (κ2) is 15.7. The molecule has 3 nitrogen and oxygen atoms in total. The summed E-state index contributed by atoms with van der Waals surface area (Å²) in [6.07, 6.45) is 15.8. The van der Waals surface area contributed by atoms with Crippen LogP contribution >= 0.6 is 0 Å². The Morgan fingerprint density at radius 1 is 1.18 bits per heavy atom. The number of hydrogen-bond acceptors (Lipinski definition) is 3. The Kier molecular flexibility index (Phi) is 13.0. The van der Waals surface area contributed by atoms with Gasteiger partial charge >= 0.3 is 0 Å². The fourth-order valence-electron chi connectivity index (χ4n) is 4.69. The van der Waals surface area contributed by atoms with Gasteiger partial charge in [0.2, 0.25) is 0 Å². The van der Waals surface area contributed by atoms with Crippen LogP contribution in [0, 0.1) is 17.7 Å². The van der Waals surface area contributed by atoms with Crippen molar-refractivity contribution in [3.05, 3.63) is 59.2 Å². The number of allylic oxidation sites excluding steroid dienone is 2. The monoisotopic (exact) mass is 469 g/mol. The van der Waals surface area contributed by atoms with Crippen LogP contribution in [0.15, 0.2) is 47.2 Å². The zero-order valence-electron chi connectivity index (χ0n) is 22.0. The number of aryl methyl sites for hydroxylation is 1. The Hall–Kier alpha value is -2.10. The van der Waals surface area contributed by atoms with Gasteiger partial charge in [-0.05, 0) is 72.9 Å². The van der Waals surface area contributed by atoms with Gasteiger partial charge < -0.3 is 10.6 Å². The number of rotatable bonds is 17. The number of halogens is 1. The highest BCUT2D eigenvalue weighted by Gasteiger charge is 2.26. The van der Waals surface area contributed by atoms with Gasteiger partial charge in [-0.15, -0.1) is 0 Å². The minimum absolute atomic E-state index is 0.0807. The molecule has 1 unspecified atom stereocenters. The lowest BCUT2D eigenvalue weighted by Gasteiger charge is -2.42. The zero-order chi connectivity index (χ0) is 24.8. The molecule has 1 aromatic carbocycles. The lowest BCUT2D eigenvalue weighted by atomic mass is 9.92. The fraction of sp³-hybridized carbons (Fsp3) is 0.633. The van der Waals surface area contributed by atoms with E-state index in [2.05, 4.69) is 43.3 Å². The molecule has 0 aromatic heterocycles. The molecule has 2 N–H and O–H groups in total. The van der Waals surface area contributed by atoms with Crippen LogP contribution in [0.1, 0.15) is 89.7 Å². The third kappa shape index (κ3) is 9.64. The summed E-state index contributed by atoms with van der Waals surface area (Å²) >= 11 is 0. The highest BCUT2D eigenvalue weighted by Crippen LogP contribution is 2.26. The third-order valence-corrected chi connectivity index (χ3v) is 7.33. The first-order valence-electron chi connectivity index (χ1n) is 13.6. The van der Waals surface area contributed by atoms with E-state index < -0.39 is 0 Å². The van der Waals surface area contributed by atoms with Crippen LogP contribution in [-0.2, 0) is 12.8 Å². The van der Waals surface area contributed by atoms with E-state index in [-0.39, 0.29) is 5.82 Å². The predicted octanol–water partition coefficient (Wildman–Crippen LogP) is 7.46. The molecule has 1 saturated heterocycles. The van der Waals surface area contributed by atoms with Crippen LogP contribution in [-0.4, -0.2) is 30.7 Å². The van der Waals surface area contributed by atoms with Crippen molar-refractivity contribution in [2.45, 2.75) is 91.4 Å². The van der Waals surface area contributed by atoms with E-state index in [9.17, 15) is 4.39 Å². The molecule has 0 bridgehead atoms. The molecule has 0 radical (unpaired) electrons. The minimum Gasteiger partial charge on any atom is -0.404 e. The summed E-state index contributed by atoms with van der Waals surface area (Å²) in [4.78, 5) is 6.87.